The molecule has 1 saturated heterocycles. The predicted octanol–water partition coefficient (Wildman–Crippen LogP) is 3.64. The minimum atomic E-state index is -0.674. The van der Waals surface area contributed by atoms with E-state index in [-0.39, 0.29) is 19.1 Å². The number of hydrogen-bond donors (Lipinski definition) is 2. The normalized spacial score (nSPS) is 23.5. The second-order valence-electron chi connectivity index (χ2n) is 9.15. The summed E-state index contributed by atoms with van der Waals surface area (Å²) in [6, 6.07) is 29.0. The second-order valence-corrected chi connectivity index (χ2v) is 9.15. The Morgan fingerprint density at radius 3 is 1.73 bits per heavy atom. The lowest BCUT2D eigenvalue weighted by molar-refractivity contribution is -0.237. The number of rotatable bonds is 12. The highest BCUT2D eigenvalue weighted by atomic mass is 16.6. The van der Waals surface area contributed by atoms with Gasteiger partial charge in [-0.05, 0) is 16.7 Å². The van der Waals surface area contributed by atoms with E-state index in [2.05, 4.69) is 5.32 Å². The van der Waals surface area contributed by atoms with E-state index in [1.54, 1.807) is 0 Å². The highest BCUT2D eigenvalue weighted by molar-refractivity contribution is 5.73. The minimum Gasteiger partial charge on any atom is -0.394 e. The zero-order valence-corrected chi connectivity index (χ0v) is 21.1. The van der Waals surface area contributed by atoms with E-state index in [9.17, 15) is 9.90 Å². The molecule has 37 heavy (non-hydrogen) atoms. The molecule has 4 rings (SSSR count). The molecule has 0 saturated carbocycles. The lowest BCUT2D eigenvalue weighted by Crippen LogP contribution is -2.66. The van der Waals surface area contributed by atoms with Gasteiger partial charge in [-0.2, -0.15) is 0 Å². The number of aliphatic hydroxyl groups excluding tert-OH is 1. The molecule has 0 spiro atoms. The van der Waals surface area contributed by atoms with Crippen LogP contribution in [0.15, 0.2) is 91.0 Å². The average molecular weight is 506 g/mol. The van der Waals surface area contributed by atoms with Crippen LogP contribution in [0, 0.1) is 0 Å². The van der Waals surface area contributed by atoms with Gasteiger partial charge in [-0.1, -0.05) is 91.0 Å². The van der Waals surface area contributed by atoms with Crippen molar-refractivity contribution in [3.63, 3.8) is 0 Å². The van der Waals surface area contributed by atoms with Crippen LogP contribution < -0.4 is 5.32 Å². The van der Waals surface area contributed by atoms with Crippen molar-refractivity contribution >= 4 is 5.91 Å². The Bertz CT molecular complexity index is 1070. The van der Waals surface area contributed by atoms with Crippen LogP contribution in [0.2, 0.25) is 0 Å². The number of carbonyl (C=O) groups excluding carboxylic acids is 1. The molecule has 0 aromatic heterocycles. The first-order chi connectivity index (χ1) is 18.1. The van der Waals surface area contributed by atoms with Crippen LogP contribution in [0.3, 0.4) is 0 Å². The molecule has 5 atom stereocenters. The molecule has 1 fully saturated rings. The fourth-order valence-electron chi connectivity index (χ4n) is 4.52. The lowest BCUT2D eigenvalue weighted by atomic mass is 9.92. The maximum absolute atomic E-state index is 12.1. The molecule has 1 aliphatic rings. The Labute approximate surface area is 218 Å². The molecule has 2 N–H and O–H groups in total. The van der Waals surface area contributed by atoms with E-state index in [1.807, 2.05) is 91.0 Å². The van der Waals surface area contributed by atoms with Crippen molar-refractivity contribution < 1.29 is 28.8 Å². The van der Waals surface area contributed by atoms with E-state index in [1.165, 1.54) is 6.92 Å². The fourth-order valence-corrected chi connectivity index (χ4v) is 4.52. The van der Waals surface area contributed by atoms with Crippen LogP contribution in [-0.4, -0.2) is 54.7 Å². The maximum atomic E-state index is 12.1. The number of benzene rings is 3. The topological polar surface area (TPSA) is 86.3 Å². The van der Waals surface area contributed by atoms with Crippen molar-refractivity contribution in [3.8, 4) is 0 Å². The van der Waals surface area contributed by atoms with Crippen molar-refractivity contribution in [2.75, 3.05) is 13.2 Å². The monoisotopic (exact) mass is 505 g/mol. The molecule has 7 nitrogen and oxygen atoms in total. The molecule has 3 unspecified atom stereocenters. The van der Waals surface area contributed by atoms with Crippen LogP contribution in [0.5, 0.6) is 0 Å². The smallest absolute Gasteiger partial charge is 0.217 e. The van der Waals surface area contributed by atoms with E-state index in [0.717, 1.165) is 16.7 Å². The van der Waals surface area contributed by atoms with Gasteiger partial charge in [0, 0.05) is 6.92 Å². The number of carbonyl (C=O) groups is 1. The Kier molecular flexibility index (Phi) is 10.2. The number of aliphatic hydroxyl groups is 1. The molecule has 7 heteroatoms. The summed E-state index contributed by atoms with van der Waals surface area (Å²) in [5.74, 6) is -0.235. The van der Waals surface area contributed by atoms with Gasteiger partial charge in [0.1, 0.15) is 24.4 Å². The largest absolute Gasteiger partial charge is 0.394 e. The molecule has 0 bridgehead atoms. The summed E-state index contributed by atoms with van der Waals surface area (Å²) in [7, 11) is 0. The van der Waals surface area contributed by atoms with Gasteiger partial charge in [-0.25, -0.2) is 0 Å². The summed E-state index contributed by atoms with van der Waals surface area (Å²) < 4.78 is 25.2. The average Bonchev–Trinajstić information content (AvgIpc) is 2.93. The fraction of sp³-hybridized carbons (Fsp3) is 0.367. The van der Waals surface area contributed by atoms with Gasteiger partial charge in [-0.3, -0.25) is 4.79 Å². The minimum absolute atomic E-state index is 0.235. The van der Waals surface area contributed by atoms with Gasteiger partial charge in [0.2, 0.25) is 5.91 Å². The molecule has 0 radical (unpaired) electrons. The summed E-state index contributed by atoms with van der Waals surface area (Å²) in [5, 5.41) is 13.1. The molecular weight excluding hydrogens is 470 g/mol. The SMILES string of the molecule is CC(=O)NC1C(OCc2ccccc2)[C@H](OCc2ccccc2)C(COCc2ccccc2)O[C@@H]1CO. The highest BCUT2D eigenvalue weighted by Gasteiger charge is 2.47. The number of amides is 1. The van der Waals surface area contributed by atoms with Crippen molar-refractivity contribution in [2.24, 2.45) is 0 Å². The van der Waals surface area contributed by atoms with E-state index in [0.29, 0.717) is 19.8 Å². The second kappa shape index (κ2) is 14.0. The van der Waals surface area contributed by atoms with Crippen molar-refractivity contribution in [1.82, 2.24) is 5.32 Å². The Balaban J connectivity index is 1.56. The zero-order valence-electron chi connectivity index (χ0n) is 21.1. The molecule has 196 valence electrons. The van der Waals surface area contributed by atoms with Gasteiger partial charge in [0.05, 0.1) is 39.1 Å². The first-order valence-corrected chi connectivity index (χ1v) is 12.6. The van der Waals surface area contributed by atoms with Gasteiger partial charge in [-0.15, -0.1) is 0 Å². The van der Waals surface area contributed by atoms with Crippen molar-refractivity contribution in [3.05, 3.63) is 108 Å². The summed E-state index contributed by atoms with van der Waals surface area (Å²) in [6.07, 6.45) is -2.33. The molecule has 1 aliphatic heterocycles. The Morgan fingerprint density at radius 2 is 1.24 bits per heavy atom. The summed E-state index contributed by atoms with van der Waals surface area (Å²) >= 11 is 0. The van der Waals surface area contributed by atoms with E-state index >= 15 is 0 Å². The van der Waals surface area contributed by atoms with Crippen LogP contribution in [-0.2, 0) is 43.6 Å². The number of ether oxygens (including phenoxy) is 4. The lowest BCUT2D eigenvalue weighted by Gasteiger charge is -2.46. The first kappa shape index (κ1) is 27.0. The Morgan fingerprint density at radius 1 is 0.757 bits per heavy atom. The van der Waals surface area contributed by atoms with E-state index in [4.69, 9.17) is 18.9 Å². The molecule has 0 aliphatic carbocycles. The Hall–Kier alpha value is -3.07. The van der Waals surface area contributed by atoms with Gasteiger partial charge < -0.3 is 29.4 Å². The third kappa shape index (κ3) is 7.95. The van der Waals surface area contributed by atoms with Crippen LogP contribution in [0.1, 0.15) is 23.6 Å². The summed E-state index contributed by atoms with van der Waals surface area (Å²) in [5.41, 5.74) is 3.05. The molecule has 3 aromatic carbocycles. The third-order valence-corrected chi connectivity index (χ3v) is 6.31. The van der Waals surface area contributed by atoms with Crippen LogP contribution >= 0.6 is 0 Å². The van der Waals surface area contributed by atoms with Crippen LogP contribution in [0.4, 0.5) is 0 Å². The summed E-state index contributed by atoms with van der Waals surface area (Å²) in [6.45, 7) is 2.48. The summed E-state index contributed by atoms with van der Waals surface area (Å²) in [4.78, 5) is 12.1. The van der Waals surface area contributed by atoms with Gasteiger partial charge in [0.25, 0.3) is 0 Å². The number of nitrogens with one attached hydrogen (secondary N) is 1. The molecule has 3 aromatic rings. The van der Waals surface area contributed by atoms with Crippen molar-refractivity contribution in [1.29, 1.82) is 0 Å². The van der Waals surface area contributed by atoms with Gasteiger partial charge >= 0.3 is 0 Å². The van der Waals surface area contributed by atoms with E-state index < -0.39 is 30.5 Å². The standard InChI is InChI=1S/C30H35NO6/c1-22(33)31-28-26(17-32)37-27(21-34-18-23-11-5-2-6-12-23)29(35-19-24-13-7-3-8-14-24)30(28)36-20-25-15-9-4-10-16-25/h2-16,26-30,32H,17-21H2,1H3,(H,31,33)/t26-,27?,28?,29-,30?/m1/s1. The molecular formula is C30H35NO6. The first-order valence-electron chi connectivity index (χ1n) is 12.6. The molecule has 1 amide bonds. The third-order valence-electron chi connectivity index (χ3n) is 6.31. The highest BCUT2D eigenvalue weighted by Crippen LogP contribution is 2.28. The van der Waals surface area contributed by atoms with Gasteiger partial charge in [0.15, 0.2) is 0 Å². The number of hydrogen-bond acceptors (Lipinski definition) is 6. The maximum Gasteiger partial charge on any atom is 0.217 e. The van der Waals surface area contributed by atoms with Crippen molar-refractivity contribution in [2.45, 2.75) is 57.2 Å². The zero-order chi connectivity index (χ0) is 25.9. The predicted molar refractivity (Wildman–Crippen MR) is 139 cm³/mol. The quantitative estimate of drug-likeness (QED) is 0.391. The molecule has 1 heterocycles. The van der Waals surface area contributed by atoms with Crippen LogP contribution in [0.25, 0.3) is 0 Å².